The number of hydrogen-bond donors (Lipinski definition) is 0. The summed E-state index contributed by atoms with van der Waals surface area (Å²) >= 11 is 3.81. The number of halogens is 1. The molecular formula is C13H25Br. The third kappa shape index (κ3) is 3.25. The van der Waals surface area contributed by atoms with E-state index in [9.17, 15) is 0 Å². The Labute approximate surface area is 98.0 Å². The molecule has 1 unspecified atom stereocenters. The summed E-state index contributed by atoms with van der Waals surface area (Å²) < 4.78 is 0. The zero-order chi connectivity index (χ0) is 10.8. The highest BCUT2D eigenvalue weighted by Gasteiger charge is 2.31. The van der Waals surface area contributed by atoms with Crippen molar-refractivity contribution in [2.24, 2.45) is 17.3 Å². The van der Waals surface area contributed by atoms with E-state index >= 15 is 0 Å². The summed E-state index contributed by atoms with van der Waals surface area (Å²) in [5, 5.41) is 0. The highest BCUT2D eigenvalue weighted by Crippen LogP contribution is 2.42. The average Bonchev–Trinajstić information content (AvgIpc) is 2.15. The Morgan fingerprint density at radius 2 is 1.64 bits per heavy atom. The van der Waals surface area contributed by atoms with Crippen LogP contribution < -0.4 is 0 Å². The van der Waals surface area contributed by atoms with Gasteiger partial charge in [0.15, 0.2) is 0 Å². The van der Waals surface area contributed by atoms with E-state index in [1.807, 2.05) is 0 Å². The van der Waals surface area contributed by atoms with E-state index in [1.54, 1.807) is 0 Å². The van der Waals surface area contributed by atoms with E-state index in [0.717, 1.165) is 16.7 Å². The molecule has 1 heteroatoms. The number of alkyl halides is 1. The van der Waals surface area contributed by atoms with Gasteiger partial charge in [-0.15, -0.1) is 0 Å². The van der Waals surface area contributed by atoms with E-state index in [4.69, 9.17) is 0 Å². The lowest BCUT2D eigenvalue weighted by molar-refractivity contribution is 0.149. The Hall–Kier alpha value is 0.480. The van der Waals surface area contributed by atoms with Gasteiger partial charge in [-0.25, -0.2) is 0 Å². The first-order valence-corrected chi connectivity index (χ1v) is 7.00. The standard InChI is InChI=1S/C13H25Br/c1-5-12(14)10-6-8-11(9-7-10)13(2,3)4/h10-12H,5-9H2,1-4H3. The molecule has 0 bridgehead atoms. The molecule has 84 valence electrons. The minimum absolute atomic E-state index is 0.527. The second kappa shape index (κ2) is 5.01. The lowest BCUT2D eigenvalue weighted by atomic mass is 9.69. The molecule has 1 aliphatic carbocycles. The molecule has 0 spiro atoms. The van der Waals surface area contributed by atoms with Crippen LogP contribution >= 0.6 is 15.9 Å². The van der Waals surface area contributed by atoms with Gasteiger partial charge in [0, 0.05) is 4.83 Å². The first kappa shape index (κ1) is 12.5. The van der Waals surface area contributed by atoms with Crippen LogP contribution in [0.25, 0.3) is 0 Å². The van der Waals surface area contributed by atoms with Crippen molar-refractivity contribution >= 4 is 15.9 Å². The van der Waals surface area contributed by atoms with Crippen molar-refractivity contribution in [1.29, 1.82) is 0 Å². The molecule has 0 saturated heterocycles. The molecule has 0 aromatic rings. The van der Waals surface area contributed by atoms with Crippen LogP contribution in [0.4, 0.5) is 0 Å². The topological polar surface area (TPSA) is 0 Å². The molecule has 0 aromatic carbocycles. The van der Waals surface area contributed by atoms with Crippen molar-refractivity contribution in [3.63, 3.8) is 0 Å². The van der Waals surface area contributed by atoms with Crippen LogP contribution in [0.15, 0.2) is 0 Å². The number of hydrogen-bond acceptors (Lipinski definition) is 0. The third-order valence-electron chi connectivity index (χ3n) is 3.90. The van der Waals surface area contributed by atoms with Crippen LogP contribution in [0.5, 0.6) is 0 Å². The first-order chi connectivity index (χ1) is 6.45. The van der Waals surface area contributed by atoms with Crippen molar-refractivity contribution in [1.82, 2.24) is 0 Å². The normalized spacial score (nSPS) is 31.5. The van der Waals surface area contributed by atoms with Crippen molar-refractivity contribution in [2.75, 3.05) is 0 Å². The quantitative estimate of drug-likeness (QED) is 0.613. The molecular weight excluding hydrogens is 236 g/mol. The Morgan fingerprint density at radius 3 is 2.00 bits per heavy atom. The second-order valence-electron chi connectivity index (χ2n) is 5.90. The van der Waals surface area contributed by atoms with Crippen LogP contribution in [0.1, 0.15) is 59.8 Å². The molecule has 14 heavy (non-hydrogen) atoms. The van der Waals surface area contributed by atoms with E-state index < -0.39 is 0 Å². The summed E-state index contributed by atoms with van der Waals surface area (Å²) in [5.41, 5.74) is 0.527. The summed E-state index contributed by atoms with van der Waals surface area (Å²) in [6.07, 6.45) is 7.04. The first-order valence-electron chi connectivity index (χ1n) is 6.09. The molecule has 1 saturated carbocycles. The van der Waals surface area contributed by atoms with Crippen molar-refractivity contribution < 1.29 is 0 Å². The fraction of sp³-hybridized carbons (Fsp3) is 1.00. The number of rotatable bonds is 2. The molecule has 0 N–H and O–H groups in total. The third-order valence-corrected chi connectivity index (χ3v) is 5.29. The van der Waals surface area contributed by atoms with Crippen molar-refractivity contribution in [3.05, 3.63) is 0 Å². The van der Waals surface area contributed by atoms with Gasteiger partial charge in [-0.3, -0.25) is 0 Å². The molecule has 1 aliphatic rings. The maximum Gasteiger partial charge on any atom is 0.0171 e. The zero-order valence-corrected chi connectivity index (χ0v) is 11.7. The Kier molecular flexibility index (Phi) is 4.49. The van der Waals surface area contributed by atoms with Crippen molar-refractivity contribution in [3.8, 4) is 0 Å². The van der Waals surface area contributed by atoms with Crippen LogP contribution in [0.3, 0.4) is 0 Å². The van der Waals surface area contributed by atoms with E-state index in [1.165, 1.54) is 32.1 Å². The molecule has 0 heterocycles. The Bertz CT molecular complexity index is 161. The average molecular weight is 261 g/mol. The maximum atomic E-state index is 3.81. The minimum atomic E-state index is 0.527. The van der Waals surface area contributed by atoms with Gasteiger partial charge in [-0.05, 0) is 49.4 Å². The molecule has 1 rings (SSSR count). The van der Waals surface area contributed by atoms with Crippen LogP contribution in [-0.4, -0.2) is 4.83 Å². The molecule has 1 atom stereocenters. The molecule has 0 aromatic heterocycles. The molecule has 1 fully saturated rings. The van der Waals surface area contributed by atoms with Crippen LogP contribution in [-0.2, 0) is 0 Å². The molecule has 0 nitrogen and oxygen atoms in total. The summed E-state index contributed by atoms with van der Waals surface area (Å²) in [6.45, 7) is 9.46. The van der Waals surface area contributed by atoms with Gasteiger partial charge in [-0.2, -0.15) is 0 Å². The summed E-state index contributed by atoms with van der Waals surface area (Å²) in [7, 11) is 0. The highest BCUT2D eigenvalue weighted by atomic mass is 79.9. The second-order valence-corrected chi connectivity index (χ2v) is 7.08. The van der Waals surface area contributed by atoms with Crippen LogP contribution in [0, 0.1) is 17.3 Å². The Balaban J connectivity index is 2.39. The minimum Gasteiger partial charge on any atom is -0.0888 e. The van der Waals surface area contributed by atoms with Crippen LogP contribution in [0.2, 0.25) is 0 Å². The smallest absolute Gasteiger partial charge is 0.0171 e. The molecule has 0 amide bonds. The van der Waals surface area contributed by atoms with Gasteiger partial charge in [0.25, 0.3) is 0 Å². The Morgan fingerprint density at radius 1 is 1.14 bits per heavy atom. The summed E-state index contributed by atoms with van der Waals surface area (Å²) in [5.74, 6) is 1.90. The van der Waals surface area contributed by atoms with E-state index in [2.05, 4.69) is 43.6 Å². The van der Waals surface area contributed by atoms with Gasteiger partial charge < -0.3 is 0 Å². The van der Waals surface area contributed by atoms with Gasteiger partial charge in [0.2, 0.25) is 0 Å². The molecule has 0 radical (unpaired) electrons. The summed E-state index contributed by atoms with van der Waals surface area (Å²) in [4.78, 5) is 0.767. The SMILES string of the molecule is CCC(Br)C1CCC(C(C)(C)C)CC1. The lowest BCUT2D eigenvalue weighted by Crippen LogP contribution is -2.28. The van der Waals surface area contributed by atoms with E-state index in [-0.39, 0.29) is 0 Å². The fourth-order valence-corrected chi connectivity index (χ4v) is 3.21. The van der Waals surface area contributed by atoms with Gasteiger partial charge in [0.05, 0.1) is 0 Å². The van der Waals surface area contributed by atoms with E-state index in [0.29, 0.717) is 5.41 Å². The van der Waals surface area contributed by atoms with Gasteiger partial charge >= 0.3 is 0 Å². The lowest BCUT2D eigenvalue weighted by Gasteiger charge is -2.38. The fourth-order valence-electron chi connectivity index (χ4n) is 2.68. The predicted molar refractivity (Wildman–Crippen MR) is 67.9 cm³/mol. The highest BCUT2D eigenvalue weighted by molar-refractivity contribution is 9.09. The monoisotopic (exact) mass is 260 g/mol. The zero-order valence-electron chi connectivity index (χ0n) is 10.1. The largest absolute Gasteiger partial charge is 0.0888 e. The van der Waals surface area contributed by atoms with Gasteiger partial charge in [0.1, 0.15) is 0 Å². The maximum absolute atomic E-state index is 3.81. The summed E-state index contributed by atoms with van der Waals surface area (Å²) in [6, 6.07) is 0. The van der Waals surface area contributed by atoms with Gasteiger partial charge in [-0.1, -0.05) is 43.6 Å². The predicted octanol–water partition coefficient (Wildman–Crippen LogP) is 5.01. The molecule has 0 aliphatic heterocycles. The van der Waals surface area contributed by atoms with Crippen molar-refractivity contribution in [2.45, 2.75) is 64.6 Å².